The molecule has 5 heteroatoms. The average Bonchev–Trinajstić information content (AvgIpc) is 2.39. The lowest BCUT2D eigenvalue weighted by Crippen LogP contribution is -2.35. The summed E-state index contributed by atoms with van der Waals surface area (Å²) in [5.41, 5.74) is 6.80. The number of hydrogen-bond acceptors (Lipinski definition) is 4. The summed E-state index contributed by atoms with van der Waals surface area (Å²) in [5, 5.41) is 0. The predicted molar refractivity (Wildman–Crippen MR) is 74.8 cm³/mol. The average molecular weight is 275 g/mol. The van der Waals surface area contributed by atoms with Gasteiger partial charge in [0.2, 0.25) is 0 Å². The molecule has 1 atom stereocenters. The van der Waals surface area contributed by atoms with E-state index in [9.17, 15) is 4.39 Å². The van der Waals surface area contributed by atoms with Crippen molar-refractivity contribution in [2.45, 2.75) is 32.4 Å². The number of nitrogens with two attached hydrogens (primary N) is 1. The van der Waals surface area contributed by atoms with Crippen molar-refractivity contribution in [1.29, 1.82) is 0 Å². The first-order valence-electron chi connectivity index (χ1n) is 6.42. The van der Waals surface area contributed by atoms with Crippen LogP contribution in [0.3, 0.4) is 0 Å². The lowest BCUT2D eigenvalue weighted by Gasteiger charge is -2.25. The van der Waals surface area contributed by atoms with Crippen LogP contribution in [0.1, 0.15) is 32.0 Å². The topological polar surface area (TPSA) is 61.0 Å². The van der Waals surface area contributed by atoms with Gasteiger partial charge in [-0.25, -0.2) is 4.39 Å². The summed E-state index contributed by atoms with van der Waals surface area (Å²) in [6, 6.07) is 4.75. The molecular formula is C15H18FN3O. The van der Waals surface area contributed by atoms with Gasteiger partial charge in [-0.05, 0) is 44.5 Å². The van der Waals surface area contributed by atoms with Gasteiger partial charge in [-0.3, -0.25) is 9.97 Å². The highest BCUT2D eigenvalue weighted by Gasteiger charge is 2.26. The molecule has 0 aliphatic heterocycles. The molecule has 2 heterocycles. The summed E-state index contributed by atoms with van der Waals surface area (Å²) in [4.78, 5) is 8.19. The maximum Gasteiger partial charge on any atom is 0.141 e. The lowest BCUT2D eigenvalue weighted by atomic mass is 9.90. The largest absolute Gasteiger partial charge is 0.489 e. The van der Waals surface area contributed by atoms with Crippen molar-refractivity contribution < 1.29 is 9.13 Å². The fourth-order valence-corrected chi connectivity index (χ4v) is 1.87. The number of rotatable bonds is 4. The highest BCUT2D eigenvalue weighted by Crippen LogP contribution is 2.27. The Hall–Kier alpha value is -2.01. The third kappa shape index (κ3) is 3.11. The van der Waals surface area contributed by atoms with Crippen molar-refractivity contribution in [2.75, 3.05) is 0 Å². The van der Waals surface area contributed by atoms with Gasteiger partial charge in [0.25, 0.3) is 0 Å². The minimum Gasteiger partial charge on any atom is -0.489 e. The van der Waals surface area contributed by atoms with Crippen LogP contribution in [-0.2, 0) is 5.54 Å². The molecular weight excluding hydrogens is 257 g/mol. The van der Waals surface area contributed by atoms with Crippen molar-refractivity contribution in [3.8, 4) is 5.75 Å². The van der Waals surface area contributed by atoms with E-state index in [-0.39, 0.29) is 11.9 Å². The number of nitrogens with zero attached hydrogens (tertiary/aromatic N) is 2. The SMILES string of the molecule is CC(C)Oc1cncc(C(C)(N)c2ccc(F)cn2)c1. The van der Waals surface area contributed by atoms with Crippen LogP contribution >= 0.6 is 0 Å². The number of hydrogen-bond donors (Lipinski definition) is 1. The Bertz CT molecular complexity index is 582. The van der Waals surface area contributed by atoms with Gasteiger partial charge in [-0.2, -0.15) is 0 Å². The molecule has 106 valence electrons. The molecule has 0 aliphatic rings. The van der Waals surface area contributed by atoms with Crippen LogP contribution in [0.15, 0.2) is 36.8 Å². The minimum absolute atomic E-state index is 0.0556. The van der Waals surface area contributed by atoms with Crippen LogP contribution in [0, 0.1) is 5.82 Å². The van der Waals surface area contributed by atoms with E-state index in [0.29, 0.717) is 11.4 Å². The molecule has 4 nitrogen and oxygen atoms in total. The maximum absolute atomic E-state index is 12.9. The van der Waals surface area contributed by atoms with Crippen molar-refractivity contribution in [3.63, 3.8) is 0 Å². The molecule has 0 saturated carbocycles. The third-order valence-corrected chi connectivity index (χ3v) is 2.94. The Morgan fingerprint density at radius 2 is 2.00 bits per heavy atom. The Morgan fingerprint density at radius 3 is 2.60 bits per heavy atom. The van der Waals surface area contributed by atoms with Crippen LogP contribution in [0.4, 0.5) is 4.39 Å². The van der Waals surface area contributed by atoms with Crippen molar-refractivity contribution in [3.05, 3.63) is 53.9 Å². The molecule has 2 N–H and O–H groups in total. The van der Waals surface area contributed by atoms with E-state index in [2.05, 4.69) is 9.97 Å². The van der Waals surface area contributed by atoms with Gasteiger partial charge in [0.1, 0.15) is 11.6 Å². The maximum atomic E-state index is 12.9. The monoisotopic (exact) mass is 275 g/mol. The van der Waals surface area contributed by atoms with Crippen molar-refractivity contribution in [1.82, 2.24) is 9.97 Å². The summed E-state index contributed by atoms with van der Waals surface area (Å²) in [7, 11) is 0. The zero-order valence-electron chi connectivity index (χ0n) is 11.8. The summed E-state index contributed by atoms with van der Waals surface area (Å²) >= 11 is 0. The minimum atomic E-state index is -0.864. The van der Waals surface area contributed by atoms with Crippen molar-refractivity contribution in [2.24, 2.45) is 5.73 Å². The number of halogens is 1. The smallest absolute Gasteiger partial charge is 0.141 e. The Kier molecular flexibility index (Phi) is 3.99. The second-order valence-corrected chi connectivity index (χ2v) is 5.14. The molecule has 0 fully saturated rings. The van der Waals surface area contributed by atoms with Gasteiger partial charge in [-0.1, -0.05) is 0 Å². The zero-order valence-corrected chi connectivity index (χ0v) is 11.8. The molecule has 0 amide bonds. The highest BCUT2D eigenvalue weighted by molar-refractivity contribution is 5.35. The summed E-state index contributed by atoms with van der Waals surface area (Å²) in [6.07, 6.45) is 4.51. The second-order valence-electron chi connectivity index (χ2n) is 5.14. The first-order valence-corrected chi connectivity index (χ1v) is 6.42. The Balaban J connectivity index is 2.35. The molecule has 0 aliphatic carbocycles. The van der Waals surface area contributed by atoms with Gasteiger partial charge < -0.3 is 10.5 Å². The van der Waals surface area contributed by atoms with Gasteiger partial charge in [0.05, 0.1) is 29.7 Å². The predicted octanol–water partition coefficient (Wildman–Crippen LogP) is 2.63. The van der Waals surface area contributed by atoms with E-state index in [4.69, 9.17) is 10.5 Å². The van der Waals surface area contributed by atoms with E-state index >= 15 is 0 Å². The standard InChI is InChI=1S/C15H18FN3O/c1-10(2)20-13-6-11(7-18-9-13)15(3,17)14-5-4-12(16)8-19-14/h4-10H,17H2,1-3H3. The normalized spacial score (nSPS) is 14.1. The molecule has 0 spiro atoms. The summed E-state index contributed by atoms with van der Waals surface area (Å²) in [6.45, 7) is 5.69. The molecule has 0 saturated heterocycles. The summed E-state index contributed by atoms with van der Waals surface area (Å²) < 4.78 is 18.6. The second kappa shape index (κ2) is 5.54. The molecule has 0 aromatic carbocycles. The molecule has 1 unspecified atom stereocenters. The highest BCUT2D eigenvalue weighted by atomic mass is 19.1. The first-order chi connectivity index (χ1) is 9.39. The Labute approximate surface area is 117 Å². The summed E-state index contributed by atoms with van der Waals surface area (Å²) in [5.74, 6) is 0.260. The van der Waals surface area contributed by atoms with Crippen LogP contribution in [-0.4, -0.2) is 16.1 Å². The van der Waals surface area contributed by atoms with Gasteiger partial charge in [0, 0.05) is 6.20 Å². The molecule has 2 rings (SSSR count). The van der Waals surface area contributed by atoms with Crippen LogP contribution in [0.25, 0.3) is 0 Å². The van der Waals surface area contributed by atoms with E-state index in [1.807, 2.05) is 26.8 Å². The molecule has 2 aromatic heterocycles. The molecule has 0 bridgehead atoms. The molecule has 20 heavy (non-hydrogen) atoms. The fraction of sp³-hybridized carbons (Fsp3) is 0.333. The van der Waals surface area contributed by atoms with E-state index in [0.717, 1.165) is 11.8 Å². The van der Waals surface area contributed by atoms with Gasteiger partial charge in [0.15, 0.2) is 0 Å². The molecule has 2 aromatic rings. The number of aromatic nitrogens is 2. The molecule has 0 radical (unpaired) electrons. The van der Waals surface area contributed by atoms with E-state index in [1.54, 1.807) is 18.5 Å². The fourth-order valence-electron chi connectivity index (χ4n) is 1.87. The van der Waals surface area contributed by atoms with Gasteiger partial charge in [-0.15, -0.1) is 0 Å². The van der Waals surface area contributed by atoms with E-state index in [1.165, 1.54) is 6.07 Å². The third-order valence-electron chi connectivity index (χ3n) is 2.94. The zero-order chi connectivity index (χ0) is 14.8. The first kappa shape index (κ1) is 14.4. The van der Waals surface area contributed by atoms with Crippen LogP contribution < -0.4 is 10.5 Å². The van der Waals surface area contributed by atoms with Crippen LogP contribution in [0.2, 0.25) is 0 Å². The van der Waals surface area contributed by atoms with Gasteiger partial charge >= 0.3 is 0 Å². The van der Waals surface area contributed by atoms with E-state index < -0.39 is 5.54 Å². The number of ether oxygens (including phenoxy) is 1. The lowest BCUT2D eigenvalue weighted by molar-refractivity contribution is 0.241. The van der Waals surface area contributed by atoms with Crippen molar-refractivity contribution >= 4 is 0 Å². The van der Waals surface area contributed by atoms with Crippen LogP contribution in [0.5, 0.6) is 5.75 Å². The number of pyridine rings is 2. The quantitative estimate of drug-likeness (QED) is 0.931. The Morgan fingerprint density at radius 1 is 1.25 bits per heavy atom.